The molecule has 126 valence electrons. The Morgan fingerprint density at radius 3 is 2.75 bits per heavy atom. The molecule has 0 aliphatic carbocycles. The largest absolute Gasteiger partial charge is 0.465 e. The monoisotopic (exact) mass is 327 g/mol. The zero-order chi connectivity index (χ0) is 17.3. The molecule has 7 heteroatoms. The summed E-state index contributed by atoms with van der Waals surface area (Å²) in [5.74, 6) is 0.405. The lowest BCUT2D eigenvalue weighted by molar-refractivity contribution is -0.140. The average molecular weight is 327 g/mol. The lowest BCUT2D eigenvalue weighted by Gasteiger charge is -2.09. The summed E-state index contributed by atoms with van der Waals surface area (Å²) in [7, 11) is 0. The normalized spacial score (nSPS) is 11.2. The second-order valence-corrected chi connectivity index (χ2v) is 5.66. The van der Waals surface area contributed by atoms with Crippen molar-refractivity contribution in [3.05, 3.63) is 29.1 Å². The molecule has 0 saturated carbocycles. The molecule has 0 aliphatic rings. The highest BCUT2D eigenvalue weighted by molar-refractivity contribution is 5.93. The maximum absolute atomic E-state index is 11.6. The number of aryl methyl sites for hydroxylation is 3. The van der Waals surface area contributed by atoms with Gasteiger partial charge >= 0.3 is 5.97 Å². The van der Waals surface area contributed by atoms with E-state index >= 15 is 0 Å². The lowest BCUT2D eigenvalue weighted by Crippen LogP contribution is -2.18. The Bertz CT molecular complexity index is 916. The van der Waals surface area contributed by atoms with Crippen LogP contribution in [0, 0.1) is 13.8 Å². The van der Waals surface area contributed by atoms with E-state index in [0.29, 0.717) is 18.1 Å². The van der Waals surface area contributed by atoms with Gasteiger partial charge in [0.25, 0.3) is 0 Å². The van der Waals surface area contributed by atoms with Crippen molar-refractivity contribution in [3.63, 3.8) is 0 Å². The Morgan fingerprint density at radius 1 is 1.25 bits per heavy atom. The Kier molecular flexibility index (Phi) is 4.33. The number of nitrogens with zero attached hydrogens (tertiary/aromatic N) is 4. The number of aromatic nitrogens is 4. The molecule has 0 fully saturated rings. The minimum atomic E-state index is -0.303. The van der Waals surface area contributed by atoms with E-state index in [2.05, 4.69) is 15.4 Å². The van der Waals surface area contributed by atoms with Gasteiger partial charge in [0.2, 0.25) is 0 Å². The van der Waals surface area contributed by atoms with Crippen LogP contribution in [0.2, 0.25) is 0 Å². The number of nitrogens with one attached hydrogen (secondary N) is 1. The molecule has 0 aromatic carbocycles. The molecule has 0 amide bonds. The first kappa shape index (κ1) is 16.2. The summed E-state index contributed by atoms with van der Waals surface area (Å²) in [6.45, 7) is 8.25. The van der Waals surface area contributed by atoms with E-state index in [1.54, 1.807) is 11.4 Å². The van der Waals surface area contributed by atoms with Crippen LogP contribution in [0.4, 0.5) is 5.82 Å². The summed E-state index contributed by atoms with van der Waals surface area (Å²) in [6.07, 6.45) is 0.787. The van der Waals surface area contributed by atoms with Gasteiger partial charge in [-0.2, -0.15) is 4.52 Å². The highest BCUT2D eigenvalue weighted by atomic mass is 16.5. The number of esters is 1. The maximum Gasteiger partial charge on any atom is 0.325 e. The summed E-state index contributed by atoms with van der Waals surface area (Å²) in [5.41, 5.74) is 4.34. The molecule has 0 radical (unpaired) electrons. The summed E-state index contributed by atoms with van der Waals surface area (Å²) in [6, 6.07) is 3.93. The van der Waals surface area contributed by atoms with Crippen LogP contribution in [0.5, 0.6) is 0 Å². The maximum atomic E-state index is 11.6. The van der Waals surface area contributed by atoms with Crippen molar-refractivity contribution in [2.45, 2.75) is 34.1 Å². The van der Waals surface area contributed by atoms with Crippen molar-refractivity contribution < 1.29 is 9.53 Å². The number of hydrogen-bond acceptors (Lipinski definition) is 6. The van der Waals surface area contributed by atoms with E-state index in [0.717, 1.165) is 34.4 Å². The summed E-state index contributed by atoms with van der Waals surface area (Å²) in [5, 5.41) is 8.60. The Hall–Kier alpha value is -2.70. The molecular formula is C17H21N5O2. The first-order chi connectivity index (χ1) is 11.5. The molecule has 0 spiro atoms. The topological polar surface area (TPSA) is 81.4 Å². The van der Waals surface area contributed by atoms with Gasteiger partial charge in [0, 0.05) is 17.5 Å². The number of pyridine rings is 1. The number of carbonyl (C=O) groups is 1. The lowest BCUT2D eigenvalue weighted by atomic mass is 10.2. The molecule has 0 atom stereocenters. The van der Waals surface area contributed by atoms with Crippen LogP contribution in [-0.2, 0) is 16.0 Å². The fourth-order valence-electron chi connectivity index (χ4n) is 2.75. The van der Waals surface area contributed by atoms with Crippen molar-refractivity contribution >= 4 is 28.5 Å². The Morgan fingerprint density at radius 2 is 2.04 bits per heavy atom. The van der Waals surface area contributed by atoms with Crippen LogP contribution in [0.3, 0.4) is 0 Å². The first-order valence-electron chi connectivity index (χ1n) is 8.09. The van der Waals surface area contributed by atoms with Gasteiger partial charge < -0.3 is 10.1 Å². The summed E-state index contributed by atoms with van der Waals surface area (Å²) < 4.78 is 6.68. The van der Waals surface area contributed by atoms with E-state index < -0.39 is 0 Å². The fourth-order valence-corrected chi connectivity index (χ4v) is 2.75. The van der Waals surface area contributed by atoms with Crippen molar-refractivity contribution in [2.75, 3.05) is 18.5 Å². The minimum absolute atomic E-state index is 0.0811. The third kappa shape index (κ3) is 2.89. The molecule has 24 heavy (non-hydrogen) atoms. The molecule has 3 aromatic rings. The number of anilines is 1. The third-order valence-corrected chi connectivity index (χ3v) is 3.81. The van der Waals surface area contributed by atoms with Crippen LogP contribution < -0.4 is 5.32 Å². The van der Waals surface area contributed by atoms with Gasteiger partial charge in [-0.1, -0.05) is 6.92 Å². The smallest absolute Gasteiger partial charge is 0.325 e. The van der Waals surface area contributed by atoms with E-state index in [-0.39, 0.29) is 12.5 Å². The highest BCUT2D eigenvalue weighted by Crippen LogP contribution is 2.24. The zero-order valence-corrected chi connectivity index (χ0v) is 14.4. The van der Waals surface area contributed by atoms with E-state index in [1.807, 2.05) is 32.9 Å². The molecule has 7 nitrogen and oxygen atoms in total. The standard InChI is InChI=1S/C17H21N5O2/c1-5-12-8-13(18-9-14(23)24-6-2)22-17(20-12)15-10(3)7-11(4)19-16(15)21-22/h7-8,18H,5-6,9H2,1-4H3. The molecule has 0 aliphatic heterocycles. The fraction of sp³-hybridized carbons (Fsp3) is 0.412. The average Bonchev–Trinajstić information content (AvgIpc) is 2.90. The minimum Gasteiger partial charge on any atom is -0.465 e. The van der Waals surface area contributed by atoms with Gasteiger partial charge in [-0.3, -0.25) is 4.79 Å². The molecule has 0 saturated heterocycles. The molecule has 1 N–H and O–H groups in total. The van der Waals surface area contributed by atoms with Crippen LogP contribution in [0.25, 0.3) is 16.7 Å². The van der Waals surface area contributed by atoms with Crippen LogP contribution in [-0.4, -0.2) is 38.7 Å². The van der Waals surface area contributed by atoms with Crippen molar-refractivity contribution in [2.24, 2.45) is 0 Å². The number of ether oxygens (including phenoxy) is 1. The highest BCUT2D eigenvalue weighted by Gasteiger charge is 2.15. The number of hydrogen-bond donors (Lipinski definition) is 1. The second-order valence-electron chi connectivity index (χ2n) is 5.66. The molecular weight excluding hydrogens is 306 g/mol. The molecule has 3 aromatic heterocycles. The predicted octanol–water partition coefficient (Wildman–Crippen LogP) is 2.43. The zero-order valence-electron chi connectivity index (χ0n) is 14.4. The van der Waals surface area contributed by atoms with Gasteiger partial charge in [0.1, 0.15) is 12.4 Å². The van der Waals surface area contributed by atoms with Crippen molar-refractivity contribution in [1.82, 2.24) is 19.6 Å². The van der Waals surface area contributed by atoms with Gasteiger partial charge in [0.15, 0.2) is 11.3 Å². The Labute approximate surface area is 140 Å². The van der Waals surface area contributed by atoms with E-state index in [1.165, 1.54) is 0 Å². The quantitative estimate of drug-likeness (QED) is 0.725. The Balaban J connectivity index is 2.14. The van der Waals surface area contributed by atoms with Gasteiger partial charge in [-0.15, -0.1) is 5.10 Å². The first-order valence-corrected chi connectivity index (χ1v) is 8.09. The van der Waals surface area contributed by atoms with Crippen LogP contribution in [0.15, 0.2) is 12.1 Å². The molecule has 3 rings (SSSR count). The SMILES string of the molecule is CCOC(=O)CNc1cc(CC)nc2c3c(C)cc(C)nc3nn12. The summed E-state index contributed by atoms with van der Waals surface area (Å²) >= 11 is 0. The van der Waals surface area contributed by atoms with Crippen LogP contribution in [0.1, 0.15) is 30.8 Å². The number of fused-ring (bicyclic) bond motifs is 3. The molecule has 3 heterocycles. The third-order valence-electron chi connectivity index (χ3n) is 3.81. The molecule has 0 bridgehead atoms. The number of carbonyl (C=O) groups excluding carboxylic acids is 1. The van der Waals surface area contributed by atoms with Gasteiger partial charge in [-0.25, -0.2) is 9.97 Å². The van der Waals surface area contributed by atoms with Gasteiger partial charge in [0.05, 0.1) is 12.0 Å². The van der Waals surface area contributed by atoms with Crippen molar-refractivity contribution in [1.29, 1.82) is 0 Å². The summed E-state index contributed by atoms with van der Waals surface area (Å²) in [4.78, 5) is 20.8. The van der Waals surface area contributed by atoms with E-state index in [4.69, 9.17) is 9.72 Å². The van der Waals surface area contributed by atoms with Crippen molar-refractivity contribution in [3.8, 4) is 0 Å². The molecule has 0 unspecified atom stereocenters. The van der Waals surface area contributed by atoms with Gasteiger partial charge in [-0.05, 0) is 38.8 Å². The second kappa shape index (κ2) is 6.43. The van der Waals surface area contributed by atoms with E-state index in [9.17, 15) is 4.79 Å². The number of rotatable bonds is 5. The predicted molar refractivity (Wildman–Crippen MR) is 92.3 cm³/mol. The van der Waals surface area contributed by atoms with Crippen LogP contribution >= 0.6 is 0 Å².